The maximum Gasteiger partial charge on any atom is 0.338 e. The van der Waals surface area contributed by atoms with Crippen molar-refractivity contribution >= 4 is 17.6 Å². The molecule has 0 N–H and O–H groups in total. The van der Waals surface area contributed by atoms with E-state index in [4.69, 9.17) is 14.2 Å². The molecule has 0 aliphatic carbocycles. The maximum absolute atomic E-state index is 12.6. The van der Waals surface area contributed by atoms with Gasteiger partial charge in [0, 0.05) is 18.3 Å². The van der Waals surface area contributed by atoms with Crippen LogP contribution in [0.3, 0.4) is 0 Å². The number of amides is 1. The van der Waals surface area contributed by atoms with Crippen molar-refractivity contribution in [2.24, 2.45) is 0 Å². The summed E-state index contributed by atoms with van der Waals surface area (Å²) in [4.78, 5) is 26.7. The van der Waals surface area contributed by atoms with Crippen LogP contribution < -0.4 is 9.64 Å². The lowest BCUT2D eigenvalue weighted by molar-refractivity contribution is -0.122. The topological polar surface area (TPSA) is 65.1 Å². The van der Waals surface area contributed by atoms with Gasteiger partial charge in [-0.25, -0.2) is 4.79 Å². The van der Waals surface area contributed by atoms with Crippen molar-refractivity contribution < 1.29 is 23.8 Å². The van der Waals surface area contributed by atoms with Gasteiger partial charge in [-0.1, -0.05) is 18.2 Å². The number of anilines is 1. The van der Waals surface area contributed by atoms with Crippen LogP contribution in [0.15, 0.2) is 48.5 Å². The number of rotatable bonds is 6. The Labute approximate surface area is 170 Å². The van der Waals surface area contributed by atoms with Crippen molar-refractivity contribution in [2.45, 2.75) is 38.3 Å². The summed E-state index contributed by atoms with van der Waals surface area (Å²) in [5.74, 6) is -0.0629. The summed E-state index contributed by atoms with van der Waals surface area (Å²) in [5.41, 5.74) is 2.42. The van der Waals surface area contributed by atoms with Gasteiger partial charge in [0.05, 0.1) is 11.7 Å². The molecule has 1 amide bonds. The number of carbonyl (C=O) groups is 2. The molecular formula is C23H25NO5. The molecule has 0 bridgehead atoms. The van der Waals surface area contributed by atoms with Gasteiger partial charge in [-0.3, -0.25) is 4.79 Å². The van der Waals surface area contributed by atoms with Crippen molar-refractivity contribution in [1.82, 2.24) is 0 Å². The Morgan fingerprint density at radius 3 is 2.69 bits per heavy atom. The zero-order chi connectivity index (χ0) is 20.2. The quantitative estimate of drug-likeness (QED) is 0.702. The van der Waals surface area contributed by atoms with Gasteiger partial charge >= 0.3 is 5.97 Å². The Morgan fingerprint density at radius 2 is 1.93 bits per heavy atom. The largest absolute Gasteiger partial charge is 0.491 e. The van der Waals surface area contributed by atoms with E-state index in [1.807, 2.05) is 31.2 Å². The molecular weight excluding hydrogens is 370 g/mol. The predicted molar refractivity (Wildman–Crippen MR) is 108 cm³/mol. The highest BCUT2D eigenvalue weighted by molar-refractivity contribution is 5.99. The fourth-order valence-corrected chi connectivity index (χ4v) is 3.88. The highest BCUT2D eigenvalue weighted by Gasteiger charge is 2.31. The van der Waals surface area contributed by atoms with E-state index in [2.05, 4.69) is 0 Å². The highest BCUT2D eigenvalue weighted by atomic mass is 16.5. The number of hydrogen-bond donors (Lipinski definition) is 0. The molecule has 152 valence electrons. The Bertz CT molecular complexity index is 873. The molecule has 0 radical (unpaired) electrons. The van der Waals surface area contributed by atoms with Crippen LogP contribution in [0.5, 0.6) is 5.75 Å². The monoisotopic (exact) mass is 395 g/mol. The molecule has 0 spiro atoms. The van der Waals surface area contributed by atoms with Gasteiger partial charge in [-0.05, 0) is 62.1 Å². The first-order valence-electron chi connectivity index (χ1n) is 10.0. The second-order valence-electron chi connectivity index (χ2n) is 7.49. The number of para-hydroxylation sites is 1. The van der Waals surface area contributed by atoms with Crippen molar-refractivity contribution in [2.75, 3.05) is 24.7 Å². The molecule has 2 aromatic rings. The van der Waals surface area contributed by atoms with Crippen LogP contribution in [0, 0.1) is 0 Å². The summed E-state index contributed by atoms with van der Waals surface area (Å²) in [5, 5.41) is 0. The van der Waals surface area contributed by atoms with E-state index in [0.717, 1.165) is 37.1 Å². The van der Waals surface area contributed by atoms with Gasteiger partial charge in [0.15, 0.2) is 6.61 Å². The van der Waals surface area contributed by atoms with Crippen LogP contribution >= 0.6 is 0 Å². The van der Waals surface area contributed by atoms with E-state index in [1.165, 1.54) is 0 Å². The van der Waals surface area contributed by atoms with Crippen molar-refractivity contribution in [3.63, 3.8) is 0 Å². The third-order valence-electron chi connectivity index (χ3n) is 5.35. The Hall–Kier alpha value is -2.86. The Kier molecular flexibility index (Phi) is 5.81. The average molecular weight is 395 g/mol. The number of hydrogen-bond acceptors (Lipinski definition) is 5. The molecule has 6 heteroatoms. The van der Waals surface area contributed by atoms with Gasteiger partial charge in [0.25, 0.3) is 5.91 Å². The highest BCUT2D eigenvalue weighted by Crippen LogP contribution is 2.31. The summed E-state index contributed by atoms with van der Waals surface area (Å²) in [6.45, 7) is 3.01. The van der Waals surface area contributed by atoms with Gasteiger partial charge in [0.1, 0.15) is 12.4 Å². The lowest BCUT2D eigenvalue weighted by atomic mass is 10.1. The predicted octanol–water partition coefficient (Wildman–Crippen LogP) is 3.38. The van der Waals surface area contributed by atoms with Crippen molar-refractivity contribution in [3.05, 3.63) is 59.7 Å². The first-order valence-corrected chi connectivity index (χ1v) is 10.0. The molecule has 2 aromatic carbocycles. The van der Waals surface area contributed by atoms with E-state index >= 15 is 0 Å². The smallest absolute Gasteiger partial charge is 0.338 e. The zero-order valence-corrected chi connectivity index (χ0v) is 16.5. The van der Waals surface area contributed by atoms with Crippen LogP contribution in [-0.2, 0) is 20.7 Å². The van der Waals surface area contributed by atoms with E-state index < -0.39 is 5.97 Å². The number of benzene rings is 2. The molecule has 1 fully saturated rings. The molecule has 0 unspecified atom stereocenters. The molecule has 2 heterocycles. The lowest BCUT2D eigenvalue weighted by Crippen LogP contribution is -2.38. The fourth-order valence-electron chi connectivity index (χ4n) is 3.88. The third-order valence-corrected chi connectivity index (χ3v) is 5.35. The molecule has 6 nitrogen and oxygen atoms in total. The first-order chi connectivity index (χ1) is 14.1. The summed E-state index contributed by atoms with van der Waals surface area (Å²) in [6, 6.07) is 14.6. The zero-order valence-electron chi connectivity index (χ0n) is 16.5. The first kappa shape index (κ1) is 19.5. The number of fused-ring (bicyclic) bond motifs is 1. The average Bonchev–Trinajstić information content (AvgIpc) is 3.37. The van der Waals surface area contributed by atoms with Crippen LogP contribution in [0.1, 0.15) is 35.7 Å². The van der Waals surface area contributed by atoms with Crippen LogP contribution in [0.2, 0.25) is 0 Å². The molecule has 2 aliphatic rings. The molecule has 2 aliphatic heterocycles. The molecule has 0 aromatic heterocycles. The Morgan fingerprint density at radius 1 is 1.14 bits per heavy atom. The molecule has 1 saturated heterocycles. The number of carbonyl (C=O) groups excluding carboxylic acids is 2. The van der Waals surface area contributed by atoms with Crippen molar-refractivity contribution in [3.8, 4) is 5.75 Å². The van der Waals surface area contributed by atoms with Crippen molar-refractivity contribution in [1.29, 1.82) is 0 Å². The summed E-state index contributed by atoms with van der Waals surface area (Å²) in [7, 11) is 0. The lowest BCUT2D eigenvalue weighted by Gasteiger charge is -2.22. The Balaban J connectivity index is 1.29. The fraction of sp³-hybridized carbons (Fsp3) is 0.391. The van der Waals surface area contributed by atoms with E-state index in [-0.39, 0.29) is 24.7 Å². The van der Waals surface area contributed by atoms with Gasteiger partial charge in [0.2, 0.25) is 0 Å². The number of ether oxygens (including phenoxy) is 3. The standard InChI is InChI=1S/C23H25NO5/c1-16-13-18-5-2-3-7-21(18)24(16)22(25)15-29-23(26)17-8-10-19(11-9-17)28-14-20-6-4-12-27-20/h2-3,5,7-11,16,20H,4,6,12-15H2,1H3/t16-,20-/m1/s1. The van der Waals surface area contributed by atoms with Crippen LogP contribution in [0.4, 0.5) is 5.69 Å². The SMILES string of the molecule is C[C@@H]1Cc2ccccc2N1C(=O)COC(=O)c1ccc(OC[C@H]2CCCO2)cc1. The van der Waals surface area contributed by atoms with Gasteiger partial charge < -0.3 is 19.1 Å². The van der Waals surface area contributed by atoms with Crippen LogP contribution in [0.25, 0.3) is 0 Å². The number of esters is 1. The van der Waals surface area contributed by atoms with E-state index in [0.29, 0.717) is 17.9 Å². The minimum absolute atomic E-state index is 0.0545. The summed E-state index contributed by atoms with van der Waals surface area (Å²) < 4.78 is 16.5. The molecule has 4 rings (SSSR count). The molecule has 2 atom stereocenters. The van der Waals surface area contributed by atoms with E-state index in [9.17, 15) is 9.59 Å². The van der Waals surface area contributed by atoms with Gasteiger partial charge in [-0.15, -0.1) is 0 Å². The second kappa shape index (κ2) is 8.66. The second-order valence-corrected chi connectivity index (χ2v) is 7.49. The summed E-state index contributed by atoms with van der Waals surface area (Å²) in [6.07, 6.45) is 3.03. The summed E-state index contributed by atoms with van der Waals surface area (Å²) >= 11 is 0. The van der Waals surface area contributed by atoms with Crippen LogP contribution in [-0.4, -0.2) is 43.8 Å². The minimum atomic E-state index is -0.524. The maximum atomic E-state index is 12.6. The number of nitrogens with zero attached hydrogens (tertiary/aromatic N) is 1. The molecule has 0 saturated carbocycles. The normalized spacial score (nSPS) is 20.4. The van der Waals surface area contributed by atoms with Gasteiger partial charge in [-0.2, -0.15) is 0 Å². The third kappa shape index (κ3) is 4.43. The minimum Gasteiger partial charge on any atom is -0.491 e. The molecule has 29 heavy (non-hydrogen) atoms. The van der Waals surface area contributed by atoms with E-state index in [1.54, 1.807) is 29.2 Å².